The van der Waals surface area contributed by atoms with Crippen LogP contribution in [0.2, 0.25) is 0 Å². The summed E-state index contributed by atoms with van der Waals surface area (Å²) in [5.74, 6) is -0.859. The normalized spacial score (nSPS) is 12.0. The number of esters is 3. The van der Waals surface area contributed by atoms with Gasteiger partial charge in [0.2, 0.25) is 0 Å². The first-order chi connectivity index (χ1) is 33.0. The molecule has 0 heterocycles. The molecule has 1 unspecified atom stereocenters. The van der Waals surface area contributed by atoms with E-state index in [0.29, 0.717) is 19.3 Å². The second-order valence-corrected chi connectivity index (χ2v) is 20.6. The van der Waals surface area contributed by atoms with Crippen molar-refractivity contribution in [3.63, 3.8) is 0 Å². The molecule has 0 rings (SSSR count). The van der Waals surface area contributed by atoms with Crippen LogP contribution >= 0.6 is 0 Å². The number of rotatable bonds is 56. The van der Waals surface area contributed by atoms with Gasteiger partial charge in [-0.15, -0.1) is 0 Å². The van der Waals surface area contributed by atoms with Crippen LogP contribution in [0.1, 0.15) is 342 Å². The molecule has 0 aromatic carbocycles. The second kappa shape index (κ2) is 56.7. The van der Waals surface area contributed by atoms with Gasteiger partial charge in [0.25, 0.3) is 0 Å². The van der Waals surface area contributed by atoms with Crippen LogP contribution in [0, 0.1) is 0 Å². The highest BCUT2D eigenvalue weighted by molar-refractivity contribution is 5.71. The number of allylic oxidation sites excluding steroid dienone is 2. The molecule has 0 aromatic rings. The molecule has 0 spiro atoms. The molecular formula is C61H116O6. The number of hydrogen-bond donors (Lipinski definition) is 0. The van der Waals surface area contributed by atoms with E-state index < -0.39 is 6.10 Å². The summed E-state index contributed by atoms with van der Waals surface area (Å²) in [6, 6.07) is 0. The topological polar surface area (TPSA) is 78.9 Å². The van der Waals surface area contributed by atoms with Gasteiger partial charge >= 0.3 is 17.9 Å². The van der Waals surface area contributed by atoms with Crippen LogP contribution in [0.25, 0.3) is 0 Å². The van der Waals surface area contributed by atoms with Gasteiger partial charge in [-0.25, -0.2) is 0 Å². The van der Waals surface area contributed by atoms with Gasteiger partial charge in [0.15, 0.2) is 6.10 Å². The molecule has 67 heavy (non-hydrogen) atoms. The molecular weight excluding hydrogens is 829 g/mol. The SMILES string of the molecule is CCCCCCCC/C=C\CCCCCCCCCC(=O)OC(COC(=O)CCCCCCCC)COC(=O)CCCCCCCCCCCCCCCCCCCCCCCCCCCC. The van der Waals surface area contributed by atoms with Crippen LogP contribution in [0.4, 0.5) is 0 Å². The van der Waals surface area contributed by atoms with Gasteiger partial charge in [-0.3, -0.25) is 14.4 Å². The van der Waals surface area contributed by atoms with Gasteiger partial charge in [0.1, 0.15) is 13.2 Å². The molecule has 0 radical (unpaired) electrons. The first-order valence-electron chi connectivity index (χ1n) is 30.2. The summed E-state index contributed by atoms with van der Waals surface area (Å²) in [6.45, 7) is 6.63. The maximum atomic E-state index is 12.8. The van der Waals surface area contributed by atoms with Crippen LogP contribution < -0.4 is 0 Å². The van der Waals surface area contributed by atoms with E-state index in [9.17, 15) is 14.4 Å². The Morgan fingerprint density at radius 1 is 0.284 bits per heavy atom. The highest BCUT2D eigenvalue weighted by Crippen LogP contribution is 2.18. The third-order valence-electron chi connectivity index (χ3n) is 13.8. The predicted octanol–water partition coefficient (Wildman–Crippen LogP) is 20.1. The molecule has 1 atom stereocenters. The molecule has 0 aromatic heterocycles. The maximum Gasteiger partial charge on any atom is 0.306 e. The van der Waals surface area contributed by atoms with Crippen molar-refractivity contribution >= 4 is 17.9 Å². The molecule has 0 saturated heterocycles. The Bertz CT molecular complexity index is 1040. The zero-order valence-corrected chi connectivity index (χ0v) is 45.5. The minimum atomic E-state index is -0.765. The van der Waals surface area contributed by atoms with Crippen LogP contribution in [-0.2, 0) is 28.6 Å². The summed E-state index contributed by atoms with van der Waals surface area (Å²) in [6.07, 6.45) is 65.4. The fraction of sp³-hybridized carbons (Fsp3) is 0.918. The summed E-state index contributed by atoms with van der Waals surface area (Å²) in [4.78, 5) is 37.9. The van der Waals surface area contributed by atoms with Crippen molar-refractivity contribution in [2.45, 2.75) is 348 Å². The summed E-state index contributed by atoms with van der Waals surface area (Å²) < 4.78 is 16.8. The molecule has 6 heteroatoms. The summed E-state index contributed by atoms with van der Waals surface area (Å²) in [5, 5.41) is 0. The van der Waals surface area contributed by atoms with Gasteiger partial charge in [-0.2, -0.15) is 0 Å². The number of ether oxygens (including phenoxy) is 3. The largest absolute Gasteiger partial charge is 0.462 e. The Morgan fingerprint density at radius 3 is 0.746 bits per heavy atom. The van der Waals surface area contributed by atoms with Crippen molar-refractivity contribution in [2.24, 2.45) is 0 Å². The molecule has 0 bridgehead atoms. The Labute approximate surface area is 418 Å². The molecule has 0 amide bonds. The molecule has 0 N–H and O–H groups in total. The van der Waals surface area contributed by atoms with Crippen molar-refractivity contribution in [1.29, 1.82) is 0 Å². The van der Waals surface area contributed by atoms with Crippen LogP contribution in [0.15, 0.2) is 12.2 Å². The summed E-state index contributed by atoms with van der Waals surface area (Å²) in [5.41, 5.74) is 0. The molecule has 396 valence electrons. The zero-order chi connectivity index (χ0) is 48.6. The van der Waals surface area contributed by atoms with Crippen molar-refractivity contribution in [2.75, 3.05) is 13.2 Å². The average Bonchev–Trinajstić information content (AvgIpc) is 3.33. The molecule has 0 aliphatic heterocycles. The first kappa shape index (κ1) is 65.1. The predicted molar refractivity (Wildman–Crippen MR) is 289 cm³/mol. The summed E-state index contributed by atoms with van der Waals surface area (Å²) >= 11 is 0. The standard InChI is InChI=1S/C61H116O6/c1-4-7-10-13-16-18-20-22-24-26-27-28-29-30-31-32-33-34-36-37-39-41-43-45-48-51-54-60(63)66-57-58(56-65-59(62)53-50-47-15-12-9-6-3)67-61(64)55-52-49-46-44-42-40-38-35-25-23-21-19-17-14-11-8-5-2/h23,25,58H,4-22,24,26-57H2,1-3H3/b25-23-. The summed E-state index contributed by atoms with van der Waals surface area (Å²) in [7, 11) is 0. The number of unbranched alkanes of at least 4 members (excludes halogenated alkanes) is 43. The average molecular weight is 946 g/mol. The van der Waals surface area contributed by atoms with Crippen LogP contribution in [-0.4, -0.2) is 37.2 Å². The maximum absolute atomic E-state index is 12.8. The highest BCUT2D eigenvalue weighted by atomic mass is 16.6. The first-order valence-corrected chi connectivity index (χ1v) is 30.2. The zero-order valence-electron chi connectivity index (χ0n) is 45.5. The van der Waals surface area contributed by atoms with E-state index in [0.717, 1.165) is 57.8 Å². The molecule has 0 fully saturated rings. The Balaban J connectivity index is 4.02. The molecule has 6 nitrogen and oxygen atoms in total. The Kier molecular flexibility index (Phi) is 55.2. The van der Waals surface area contributed by atoms with E-state index >= 15 is 0 Å². The lowest BCUT2D eigenvalue weighted by atomic mass is 10.0. The van der Waals surface area contributed by atoms with Crippen LogP contribution in [0.3, 0.4) is 0 Å². The fourth-order valence-electron chi connectivity index (χ4n) is 9.21. The van der Waals surface area contributed by atoms with E-state index in [1.807, 2.05) is 0 Å². The number of carbonyl (C=O) groups is 3. The van der Waals surface area contributed by atoms with E-state index in [4.69, 9.17) is 14.2 Å². The lowest BCUT2D eigenvalue weighted by Crippen LogP contribution is -2.30. The lowest BCUT2D eigenvalue weighted by molar-refractivity contribution is -0.167. The highest BCUT2D eigenvalue weighted by Gasteiger charge is 2.19. The monoisotopic (exact) mass is 945 g/mol. The van der Waals surface area contributed by atoms with Crippen LogP contribution in [0.5, 0.6) is 0 Å². The van der Waals surface area contributed by atoms with E-state index in [1.54, 1.807) is 0 Å². The molecule has 0 aliphatic carbocycles. The van der Waals surface area contributed by atoms with Gasteiger partial charge in [0.05, 0.1) is 0 Å². The minimum absolute atomic E-state index is 0.0669. The van der Waals surface area contributed by atoms with Crippen molar-refractivity contribution in [3.05, 3.63) is 12.2 Å². The Morgan fingerprint density at radius 2 is 0.493 bits per heavy atom. The third kappa shape index (κ3) is 55.0. The number of hydrogen-bond acceptors (Lipinski definition) is 6. The van der Waals surface area contributed by atoms with Gasteiger partial charge in [-0.05, 0) is 44.9 Å². The third-order valence-corrected chi connectivity index (χ3v) is 13.8. The Hall–Kier alpha value is -1.85. The quantitative estimate of drug-likeness (QED) is 0.0262. The van der Waals surface area contributed by atoms with E-state index in [1.165, 1.54) is 244 Å². The van der Waals surface area contributed by atoms with Crippen molar-refractivity contribution < 1.29 is 28.6 Å². The smallest absolute Gasteiger partial charge is 0.306 e. The van der Waals surface area contributed by atoms with Gasteiger partial charge in [-0.1, -0.05) is 290 Å². The van der Waals surface area contributed by atoms with Crippen molar-refractivity contribution in [3.8, 4) is 0 Å². The van der Waals surface area contributed by atoms with Gasteiger partial charge < -0.3 is 14.2 Å². The van der Waals surface area contributed by atoms with Gasteiger partial charge in [0, 0.05) is 19.3 Å². The fourth-order valence-corrected chi connectivity index (χ4v) is 9.21. The van der Waals surface area contributed by atoms with E-state index in [2.05, 4.69) is 32.9 Å². The lowest BCUT2D eigenvalue weighted by Gasteiger charge is -2.18. The number of carbonyl (C=O) groups excluding carboxylic acids is 3. The second-order valence-electron chi connectivity index (χ2n) is 20.6. The minimum Gasteiger partial charge on any atom is -0.462 e. The molecule has 0 saturated carbocycles. The molecule has 0 aliphatic rings. The van der Waals surface area contributed by atoms with E-state index in [-0.39, 0.29) is 31.1 Å². The van der Waals surface area contributed by atoms with Crippen molar-refractivity contribution in [1.82, 2.24) is 0 Å².